The van der Waals surface area contributed by atoms with Gasteiger partial charge in [0.1, 0.15) is 12.6 Å². The zero-order valence-electron chi connectivity index (χ0n) is 19.0. The number of fused-ring (bicyclic) bond motifs is 3. The quantitative estimate of drug-likeness (QED) is 0.509. The standard InChI is InChI=1S/C27H30N2O5/c1-2-8-24(26(31)32)29-25(30)17-9-7-10-18(15-17)28-27(33)34-16-23-21-13-5-3-11-19(21)20-12-4-6-14-22(20)23/h2-6,11-14,17-18,23-24H,1,7-10,15-16H2,(H,28,33)(H,29,30)(H,31,32). The summed E-state index contributed by atoms with van der Waals surface area (Å²) in [7, 11) is 0. The second-order valence-corrected chi connectivity index (χ2v) is 8.95. The number of carboxylic acids is 1. The Balaban J connectivity index is 1.32. The van der Waals surface area contributed by atoms with Crippen LogP contribution in [0.5, 0.6) is 0 Å². The summed E-state index contributed by atoms with van der Waals surface area (Å²) in [6.45, 7) is 3.78. The van der Waals surface area contributed by atoms with Gasteiger partial charge < -0.3 is 20.5 Å². The fourth-order valence-corrected chi connectivity index (χ4v) is 5.04. The molecule has 4 rings (SSSR count). The van der Waals surface area contributed by atoms with Gasteiger partial charge in [-0.2, -0.15) is 0 Å². The molecule has 2 aliphatic rings. The van der Waals surface area contributed by atoms with Crippen molar-refractivity contribution in [2.45, 2.75) is 50.1 Å². The number of benzene rings is 2. The summed E-state index contributed by atoms with van der Waals surface area (Å²) in [6, 6.07) is 15.2. The Morgan fingerprint density at radius 1 is 1.06 bits per heavy atom. The van der Waals surface area contributed by atoms with Gasteiger partial charge in [-0.05, 0) is 47.9 Å². The summed E-state index contributed by atoms with van der Waals surface area (Å²) in [5.41, 5.74) is 4.64. The number of ether oxygens (including phenoxy) is 1. The van der Waals surface area contributed by atoms with Crippen LogP contribution in [0.25, 0.3) is 11.1 Å². The molecule has 0 aromatic heterocycles. The van der Waals surface area contributed by atoms with Crippen LogP contribution in [0.4, 0.5) is 4.79 Å². The number of hydrogen-bond donors (Lipinski definition) is 3. The fraction of sp³-hybridized carbons (Fsp3) is 0.370. The Labute approximate surface area is 199 Å². The average Bonchev–Trinajstić information content (AvgIpc) is 3.16. The molecule has 0 spiro atoms. The highest BCUT2D eigenvalue weighted by molar-refractivity contribution is 5.85. The predicted molar refractivity (Wildman–Crippen MR) is 128 cm³/mol. The van der Waals surface area contributed by atoms with Crippen molar-refractivity contribution < 1.29 is 24.2 Å². The number of rotatable bonds is 8. The first kappa shape index (κ1) is 23.5. The molecular formula is C27H30N2O5. The molecule has 34 heavy (non-hydrogen) atoms. The third kappa shape index (κ3) is 5.14. The second kappa shape index (κ2) is 10.5. The van der Waals surface area contributed by atoms with Crippen molar-refractivity contribution in [1.82, 2.24) is 10.6 Å². The maximum Gasteiger partial charge on any atom is 0.407 e. The summed E-state index contributed by atoms with van der Waals surface area (Å²) < 4.78 is 5.63. The van der Waals surface area contributed by atoms with Gasteiger partial charge in [0.2, 0.25) is 5.91 Å². The number of carbonyl (C=O) groups is 3. The molecule has 0 aliphatic heterocycles. The molecule has 1 saturated carbocycles. The molecule has 2 aliphatic carbocycles. The first-order valence-corrected chi connectivity index (χ1v) is 11.7. The second-order valence-electron chi connectivity index (χ2n) is 8.95. The first-order valence-electron chi connectivity index (χ1n) is 11.7. The number of nitrogens with one attached hydrogen (secondary N) is 2. The molecule has 1 fully saturated rings. The van der Waals surface area contributed by atoms with Gasteiger partial charge in [-0.25, -0.2) is 9.59 Å². The van der Waals surface area contributed by atoms with Crippen molar-refractivity contribution in [3.8, 4) is 11.1 Å². The van der Waals surface area contributed by atoms with E-state index in [0.717, 1.165) is 24.0 Å². The lowest BCUT2D eigenvalue weighted by molar-refractivity contribution is -0.142. The van der Waals surface area contributed by atoms with E-state index in [2.05, 4.69) is 41.5 Å². The molecule has 3 N–H and O–H groups in total. The van der Waals surface area contributed by atoms with Gasteiger partial charge in [0.25, 0.3) is 0 Å². The van der Waals surface area contributed by atoms with E-state index in [1.54, 1.807) is 0 Å². The highest BCUT2D eigenvalue weighted by Gasteiger charge is 2.32. The molecule has 0 bridgehead atoms. The Bertz CT molecular complexity index is 1040. The minimum absolute atomic E-state index is 0.0131. The zero-order chi connectivity index (χ0) is 24.1. The third-order valence-corrected chi connectivity index (χ3v) is 6.73. The largest absolute Gasteiger partial charge is 0.480 e. The molecule has 0 radical (unpaired) electrons. The van der Waals surface area contributed by atoms with E-state index in [4.69, 9.17) is 4.74 Å². The molecule has 0 saturated heterocycles. The van der Waals surface area contributed by atoms with Crippen LogP contribution in [0, 0.1) is 5.92 Å². The molecule has 178 valence electrons. The third-order valence-electron chi connectivity index (χ3n) is 6.73. The van der Waals surface area contributed by atoms with Gasteiger partial charge >= 0.3 is 12.1 Å². The lowest BCUT2D eigenvalue weighted by atomic mass is 9.85. The van der Waals surface area contributed by atoms with Gasteiger partial charge in [0.05, 0.1) is 0 Å². The maximum absolute atomic E-state index is 12.6. The number of amides is 2. The van der Waals surface area contributed by atoms with Crippen LogP contribution in [-0.2, 0) is 14.3 Å². The van der Waals surface area contributed by atoms with Gasteiger partial charge in [-0.3, -0.25) is 4.79 Å². The van der Waals surface area contributed by atoms with E-state index in [1.165, 1.54) is 17.2 Å². The van der Waals surface area contributed by atoms with E-state index in [9.17, 15) is 19.5 Å². The fourth-order valence-electron chi connectivity index (χ4n) is 5.04. The number of alkyl carbamates (subject to hydrolysis) is 1. The molecule has 0 heterocycles. The summed E-state index contributed by atoms with van der Waals surface area (Å²) in [5.74, 6) is -1.74. The lowest BCUT2D eigenvalue weighted by Gasteiger charge is -2.29. The van der Waals surface area contributed by atoms with Crippen molar-refractivity contribution in [3.05, 3.63) is 72.3 Å². The minimum atomic E-state index is -1.09. The molecule has 2 amide bonds. The average molecular weight is 463 g/mol. The summed E-state index contributed by atoms with van der Waals surface area (Å²) in [5, 5.41) is 14.7. The van der Waals surface area contributed by atoms with Gasteiger partial charge in [0.15, 0.2) is 0 Å². The molecule has 3 unspecified atom stereocenters. The number of hydrogen-bond acceptors (Lipinski definition) is 4. The highest BCUT2D eigenvalue weighted by atomic mass is 16.5. The first-order chi connectivity index (χ1) is 16.5. The van der Waals surface area contributed by atoms with Crippen molar-refractivity contribution >= 4 is 18.0 Å². The Kier molecular flexibility index (Phi) is 7.30. The van der Waals surface area contributed by atoms with Crippen LogP contribution in [-0.4, -0.2) is 41.8 Å². The van der Waals surface area contributed by atoms with Gasteiger partial charge in [-0.1, -0.05) is 61.0 Å². The van der Waals surface area contributed by atoms with Crippen LogP contribution < -0.4 is 10.6 Å². The van der Waals surface area contributed by atoms with Crippen LogP contribution in [0.1, 0.15) is 49.1 Å². The molecule has 2 aromatic rings. The molecule has 7 heteroatoms. The van der Waals surface area contributed by atoms with Crippen LogP contribution in [0.3, 0.4) is 0 Å². The lowest BCUT2D eigenvalue weighted by Crippen LogP contribution is -2.47. The Morgan fingerprint density at radius 3 is 2.32 bits per heavy atom. The molecule has 3 atom stereocenters. The van der Waals surface area contributed by atoms with Crippen LogP contribution in [0.15, 0.2) is 61.2 Å². The minimum Gasteiger partial charge on any atom is -0.480 e. The van der Waals surface area contributed by atoms with E-state index >= 15 is 0 Å². The van der Waals surface area contributed by atoms with Gasteiger partial charge in [0, 0.05) is 17.9 Å². The Hall–Kier alpha value is -3.61. The normalized spacial score (nSPS) is 19.9. The molecular weight excluding hydrogens is 432 g/mol. The summed E-state index contributed by atoms with van der Waals surface area (Å²) in [4.78, 5) is 36.5. The van der Waals surface area contributed by atoms with E-state index in [0.29, 0.717) is 12.8 Å². The smallest absolute Gasteiger partial charge is 0.407 e. The summed E-state index contributed by atoms with van der Waals surface area (Å²) >= 11 is 0. The number of carboxylic acid groups (broad SMARTS) is 1. The number of aliphatic carboxylic acids is 1. The predicted octanol–water partition coefficient (Wildman–Crippen LogP) is 4.23. The van der Waals surface area contributed by atoms with E-state index in [-0.39, 0.29) is 36.8 Å². The number of carbonyl (C=O) groups excluding carboxylic acids is 2. The van der Waals surface area contributed by atoms with Crippen molar-refractivity contribution in [2.75, 3.05) is 6.61 Å². The van der Waals surface area contributed by atoms with E-state index < -0.39 is 18.1 Å². The SMILES string of the molecule is C=CCC(NC(=O)C1CCCC(NC(=O)OCC2c3ccccc3-c3ccccc32)C1)C(=O)O. The summed E-state index contributed by atoms with van der Waals surface area (Å²) in [6.07, 6.45) is 3.78. The van der Waals surface area contributed by atoms with E-state index in [1.807, 2.05) is 24.3 Å². The maximum atomic E-state index is 12.6. The monoisotopic (exact) mass is 462 g/mol. The Morgan fingerprint density at radius 2 is 1.71 bits per heavy atom. The molecule has 7 nitrogen and oxygen atoms in total. The van der Waals surface area contributed by atoms with Crippen LogP contribution >= 0.6 is 0 Å². The van der Waals surface area contributed by atoms with Crippen molar-refractivity contribution in [2.24, 2.45) is 5.92 Å². The van der Waals surface area contributed by atoms with Crippen molar-refractivity contribution in [3.63, 3.8) is 0 Å². The topological polar surface area (TPSA) is 105 Å². The zero-order valence-corrected chi connectivity index (χ0v) is 19.0. The van der Waals surface area contributed by atoms with Gasteiger partial charge in [-0.15, -0.1) is 6.58 Å². The van der Waals surface area contributed by atoms with Crippen LogP contribution in [0.2, 0.25) is 0 Å². The molecule has 2 aromatic carbocycles. The highest BCUT2D eigenvalue weighted by Crippen LogP contribution is 2.44. The van der Waals surface area contributed by atoms with Crippen molar-refractivity contribution in [1.29, 1.82) is 0 Å².